The van der Waals surface area contributed by atoms with Crippen molar-refractivity contribution in [2.45, 2.75) is 6.92 Å². The molecule has 29 heavy (non-hydrogen) atoms. The molecule has 0 saturated heterocycles. The number of nitrogens with zero attached hydrogens (tertiary/aromatic N) is 1. The minimum Gasteiger partial charge on any atom is -0.493 e. The van der Waals surface area contributed by atoms with E-state index in [2.05, 4.69) is 5.32 Å². The third-order valence-electron chi connectivity index (χ3n) is 5.30. The highest BCUT2D eigenvalue weighted by Crippen LogP contribution is 2.40. The lowest BCUT2D eigenvalue weighted by Gasteiger charge is -2.15. The number of rotatable bonds is 4. The molecule has 4 aromatic rings. The van der Waals surface area contributed by atoms with Crippen LogP contribution in [-0.2, 0) is 0 Å². The standard InChI is InChI=1S/C23H18N2O4/c1-3-25-17-11-10-16(14-7-5-8-15(20(14)17)23(25)27)24-22(26)19-12-13-6-4-9-18(28-2)21(13)29-19/h4-12H,3H2,1-2H3,(H,24,26). The lowest BCUT2D eigenvalue weighted by Crippen LogP contribution is -2.25. The predicted molar refractivity (Wildman–Crippen MR) is 112 cm³/mol. The molecule has 0 radical (unpaired) electrons. The number of fused-ring (bicyclic) bond motifs is 1. The van der Waals surface area contributed by atoms with Crippen LogP contribution in [-0.4, -0.2) is 25.5 Å². The Morgan fingerprint density at radius 2 is 1.97 bits per heavy atom. The molecule has 2 amide bonds. The summed E-state index contributed by atoms with van der Waals surface area (Å²) in [5, 5.41) is 5.41. The van der Waals surface area contributed by atoms with Gasteiger partial charge in [0.1, 0.15) is 0 Å². The monoisotopic (exact) mass is 386 g/mol. The smallest absolute Gasteiger partial charge is 0.291 e. The van der Waals surface area contributed by atoms with Gasteiger partial charge < -0.3 is 19.4 Å². The van der Waals surface area contributed by atoms with Crippen LogP contribution in [0.1, 0.15) is 27.8 Å². The Bertz CT molecular complexity index is 1310. The number of methoxy groups -OCH3 is 1. The Balaban J connectivity index is 1.56. The first-order valence-corrected chi connectivity index (χ1v) is 9.38. The topological polar surface area (TPSA) is 71.8 Å². The minimum atomic E-state index is -0.361. The average Bonchev–Trinajstić information content (AvgIpc) is 3.30. The van der Waals surface area contributed by atoms with Gasteiger partial charge in [-0.2, -0.15) is 0 Å². The van der Waals surface area contributed by atoms with E-state index in [4.69, 9.17) is 9.15 Å². The number of nitrogens with one attached hydrogen (secondary N) is 1. The van der Waals surface area contributed by atoms with Gasteiger partial charge in [0, 0.05) is 34.0 Å². The molecule has 6 heteroatoms. The van der Waals surface area contributed by atoms with Crippen LogP contribution in [0.15, 0.2) is 59.0 Å². The number of hydrogen-bond donors (Lipinski definition) is 1. The number of anilines is 2. The van der Waals surface area contributed by atoms with E-state index in [1.165, 1.54) is 0 Å². The predicted octanol–water partition coefficient (Wildman–Crippen LogP) is 4.83. The molecule has 0 fully saturated rings. The molecular formula is C23H18N2O4. The second kappa shape index (κ2) is 6.38. The molecule has 1 aliphatic rings. The third-order valence-corrected chi connectivity index (χ3v) is 5.30. The molecule has 0 spiro atoms. The molecule has 1 N–H and O–H groups in total. The lowest BCUT2D eigenvalue weighted by atomic mass is 10.0. The van der Waals surface area contributed by atoms with E-state index < -0.39 is 0 Å². The highest BCUT2D eigenvalue weighted by atomic mass is 16.5. The second-order valence-corrected chi connectivity index (χ2v) is 6.85. The molecule has 0 saturated carbocycles. The van der Waals surface area contributed by atoms with Gasteiger partial charge in [0.25, 0.3) is 11.8 Å². The summed E-state index contributed by atoms with van der Waals surface area (Å²) in [4.78, 5) is 27.3. The van der Waals surface area contributed by atoms with Crippen LogP contribution < -0.4 is 15.0 Å². The fraction of sp³-hybridized carbons (Fsp3) is 0.130. The van der Waals surface area contributed by atoms with Gasteiger partial charge in [0.2, 0.25) is 0 Å². The SMILES string of the molecule is CCN1C(=O)c2cccc3c(NC(=O)c4cc5cccc(OC)c5o4)ccc1c23. The summed E-state index contributed by atoms with van der Waals surface area (Å²) in [6.07, 6.45) is 0. The van der Waals surface area contributed by atoms with E-state index in [1.807, 2.05) is 49.4 Å². The lowest BCUT2D eigenvalue weighted by molar-refractivity contribution is 0.0988. The molecule has 0 unspecified atom stereocenters. The normalized spacial score (nSPS) is 12.8. The number of hydrogen-bond acceptors (Lipinski definition) is 4. The minimum absolute atomic E-state index is 0.0130. The summed E-state index contributed by atoms with van der Waals surface area (Å²) in [7, 11) is 1.56. The first kappa shape index (κ1) is 17.3. The summed E-state index contributed by atoms with van der Waals surface area (Å²) in [5.74, 6) is 0.394. The summed E-state index contributed by atoms with van der Waals surface area (Å²) in [6.45, 7) is 2.54. The maximum atomic E-state index is 12.9. The molecule has 1 aliphatic heterocycles. The fourth-order valence-corrected chi connectivity index (χ4v) is 3.96. The van der Waals surface area contributed by atoms with Gasteiger partial charge in [-0.05, 0) is 37.3 Å². The van der Waals surface area contributed by atoms with Crippen LogP contribution in [0.2, 0.25) is 0 Å². The van der Waals surface area contributed by atoms with Gasteiger partial charge in [-0.3, -0.25) is 9.59 Å². The number of para-hydroxylation sites is 1. The van der Waals surface area contributed by atoms with Crippen LogP contribution in [0.4, 0.5) is 11.4 Å². The highest BCUT2D eigenvalue weighted by Gasteiger charge is 2.29. The Kier molecular flexibility index (Phi) is 3.81. The Morgan fingerprint density at radius 1 is 1.14 bits per heavy atom. The summed E-state index contributed by atoms with van der Waals surface area (Å²) >= 11 is 0. The number of carbonyl (C=O) groups excluding carboxylic acids is 2. The number of amides is 2. The van der Waals surface area contributed by atoms with Crippen molar-refractivity contribution in [2.24, 2.45) is 0 Å². The van der Waals surface area contributed by atoms with Crippen molar-refractivity contribution < 1.29 is 18.7 Å². The highest BCUT2D eigenvalue weighted by molar-refractivity contribution is 6.27. The molecule has 5 rings (SSSR count). The van der Waals surface area contributed by atoms with E-state index in [1.54, 1.807) is 24.1 Å². The summed E-state index contributed by atoms with van der Waals surface area (Å²) < 4.78 is 11.0. The van der Waals surface area contributed by atoms with E-state index in [0.29, 0.717) is 29.1 Å². The van der Waals surface area contributed by atoms with Gasteiger partial charge in [-0.15, -0.1) is 0 Å². The van der Waals surface area contributed by atoms with Crippen LogP contribution in [0.5, 0.6) is 5.75 Å². The molecule has 3 aromatic carbocycles. The molecule has 0 atom stereocenters. The number of carbonyl (C=O) groups is 2. The van der Waals surface area contributed by atoms with Crippen molar-refractivity contribution in [2.75, 3.05) is 23.9 Å². The molecular weight excluding hydrogens is 368 g/mol. The Labute approximate surface area is 166 Å². The van der Waals surface area contributed by atoms with E-state index in [0.717, 1.165) is 21.8 Å². The molecule has 6 nitrogen and oxygen atoms in total. The number of furan rings is 1. The van der Waals surface area contributed by atoms with E-state index >= 15 is 0 Å². The quantitative estimate of drug-likeness (QED) is 0.545. The van der Waals surface area contributed by atoms with Gasteiger partial charge in [-0.1, -0.05) is 24.3 Å². The molecule has 144 valence electrons. The first-order chi connectivity index (χ1) is 14.1. The van der Waals surface area contributed by atoms with Gasteiger partial charge in [0.15, 0.2) is 17.1 Å². The molecule has 1 aromatic heterocycles. The van der Waals surface area contributed by atoms with Crippen molar-refractivity contribution >= 4 is 44.9 Å². The molecule has 2 heterocycles. The fourth-order valence-electron chi connectivity index (χ4n) is 3.96. The van der Waals surface area contributed by atoms with Crippen molar-refractivity contribution in [1.29, 1.82) is 0 Å². The average molecular weight is 386 g/mol. The van der Waals surface area contributed by atoms with Crippen LogP contribution >= 0.6 is 0 Å². The van der Waals surface area contributed by atoms with Gasteiger partial charge in [-0.25, -0.2) is 0 Å². The second-order valence-electron chi connectivity index (χ2n) is 6.85. The maximum absolute atomic E-state index is 12.9. The molecule has 0 aliphatic carbocycles. The van der Waals surface area contributed by atoms with Gasteiger partial charge >= 0.3 is 0 Å². The van der Waals surface area contributed by atoms with Crippen molar-refractivity contribution in [3.05, 3.63) is 65.9 Å². The number of benzene rings is 3. The van der Waals surface area contributed by atoms with Crippen LogP contribution in [0.25, 0.3) is 21.7 Å². The third kappa shape index (κ3) is 2.49. The van der Waals surface area contributed by atoms with E-state index in [9.17, 15) is 9.59 Å². The zero-order valence-electron chi connectivity index (χ0n) is 16.0. The zero-order chi connectivity index (χ0) is 20.1. The summed E-state index contributed by atoms with van der Waals surface area (Å²) in [5.41, 5.74) is 2.69. The number of ether oxygens (including phenoxy) is 1. The van der Waals surface area contributed by atoms with Gasteiger partial charge in [0.05, 0.1) is 12.8 Å². The Morgan fingerprint density at radius 3 is 2.76 bits per heavy atom. The maximum Gasteiger partial charge on any atom is 0.291 e. The van der Waals surface area contributed by atoms with Crippen molar-refractivity contribution in [1.82, 2.24) is 0 Å². The zero-order valence-corrected chi connectivity index (χ0v) is 16.0. The van der Waals surface area contributed by atoms with Crippen LogP contribution in [0, 0.1) is 0 Å². The Hall–Kier alpha value is -3.80. The first-order valence-electron chi connectivity index (χ1n) is 9.38. The van der Waals surface area contributed by atoms with Crippen LogP contribution in [0.3, 0.4) is 0 Å². The molecule has 0 bridgehead atoms. The summed E-state index contributed by atoms with van der Waals surface area (Å²) in [6, 6.07) is 16.4. The van der Waals surface area contributed by atoms with Crippen molar-refractivity contribution in [3.63, 3.8) is 0 Å². The van der Waals surface area contributed by atoms with Crippen molar-refractivity contribution in [3.8, 4) is 5.75 Å². The van der Waals surface area contributed by atoms with E-state index in [-0.39, 0.29) is 17.6 Å². The largest absolute Gasteiger partial charge is 0.493 e.